The minimum atomic E-state index is -4.04. The van der Waals surface area contributed by atoms with E-state index in [-0.39, 0.29) is 28.7 Å². The average molecular weight is 418 g/mol. The maximum absolute atomic E-state index is 13.1. The number of aromatic nitrogens is 3. The molecular weight excluding hydrogens is 396 g/mol. The van der Waals surface area contributed by atoms with Crippen LogP contribution in [0.1, 0.15) is 29.9 Å². The van der Waals surface area contributed by atoms with Crippen molar-refractivity contribution >= 4 is 27.2 Å². The highest BCUT2D eigenvalue weighted by molar-refractivity contribution is 7.87. The molecule has 0 spiro atoms. The number of nitrogens with zero attached hydrogens (tertiary/aromatic N) is 4. The highest BCUT2D eigenvalue weighted by atomic mass is 32.2. The molecule has 9 nitrogen and oxygen atoms in total. The minimum absolute atomic E-state index is 0.0328. The number of para-hydroxylation sites is 1. The Kier molecular flexibility index (Phi) is 5.33. The van der Waals surface area contributed by atoms with Gasteiger partial charge in [0.05, 0.1) is 17.2 Å². The minimum Gasteiger partial charge on any atom is -0.489 e. The van der Waals surface area contributed by atoms with Crippen LogP contribution < -0.4 is 4.74 Å². The van der Waals surface area contributed by atoms with Gasteiger partial charge in [-0.3, -0.25) is 0 Å². The molecule has 0 radical (unpaired) electrons. The van der Waals surface area contributed by atoms with Crippen molar-refractivity contribution in [2.75, 3.05) is 14.1 Å². The molecule has 3 rings (SSSR count). The molecule has 2 aromatic heterocycles. The van der Waals surface area contributed by atoms with Gasteiger partial charge in [-0.25, -0.2) is 18.7 Å². The molecule has 0 unspecified atom stereocenters. The number of pyridine rings is 1. The van der Waals surface area contributed by atoms with Crippen LogP contribution in [0.25, 0.3) is 22.6 Å². The largest absolute Gasteiger partial charge is 0.489 e. The second-order valence-electron chi connectivity index (χ2n) is 6.93. The molecular formula is C19H22N4O5S. The van der Waals surface area contributed by atoms with Crippen molar-refractivity contribution in [3.63, 3.8) is 0 Å². The lowest BCUT2D eigenvalue weighted by molar-refractivity contribution is 0.0697. The fourth-order valence-corrected chi connectivity index (χ4v) is 3.92. The summed E-state index contributed by atoms with van der Waals surface area (Å²) in [5.41, 5.74) is 0.930. The third-order valence-corrected chi connectivity index (χ3v) is 5.89. The Morgan fingerprint density at radius 2 is 1.86 bits per heavy atom. The first-order valence-corrected chi connectivity index (χ1v) is 10.3. The van der Waals surface area contributed by atoms with Gasteiger partial charge in [0, 0.05) is 19.8 Å². The second-order valence-corrected chi connectivity index (χ2v) is 8.93. The third kappa shape index (κ3) is 3.68. The van der Waals surface area contributed by atoms with E-state index in [0.29, 0.717) is 17.0 Å². The van der Waals surface area contributed by atoms with E-state index in [4.69, 9.17) is 4.74 Å². The standard InChI is InChI=1S/C19H22N4O5S/c1-11(2)28-15-8-6-7-14-17(15)21-18(23(14)29(26,27)22(4)5)16-13(19(24)25)10-9-12(3)20-16/h6-11H,1-5H3,(H,24,25). The monoisotopic (exact) mass is 418 g/mol. The molecule has 0 fully saturated rings. The number of hydrogen-bond donors (Lipinski definition) is 1. The van der Waals surface area contributed by atoms with Crippen LogP contribution in [-0.4, -0.2) is 57.9 Å². The topological polar surface area (TPSA) is 115 Å². The molecule has 0 saturated carbocycles. The highest BCUT2D eigenvalue weighted by Gasteiger charge is 2.29. The summed E-state index contributed by atoms with van der Waals surface area (Å²) < 4.78 is 34.1. The highest BCUT2D eigenvalue weighted by Crippen LogP contribution is 2.33. The van der Waals surface area contributed by atoms with Gasteiger partial charge in [-0.15, -0.1) is 0 Å². The van der Waals surface area contributed by atoms with Crippen molar-refractivity contribution in [3.8, 4) is 17.3 Å². The van der Waals surface area contributed by atoms with Crippen molar-refractivity contribution in [1.29, 1.82) is 0 Å². The number of benzene rings is 1. The molecule has 0 saturated heterocycles. The molecule has 0 amide bonds. The van der Waals surface area contributed by atoms with Crippen LogP contribution in [0, 0.1) is 6.92 Å². The maximum atomic E-state index is 13.1. The number of aromatic carboxylic acids is 1. The predicted molar refractivity (Wildman–Crippen MR) is 108 cm³/mol. The molecule has 1 aromatic carbocycles. The molecule has 1 N–H and O–H groups in total. The van der Waals surface area contributed by atoms with Gasteiger partial charge in [-0.2, -0.15) is 12.7 Å². The maximum Gasteiger partial charge on any atom is 0.338 e. The van der Waals surface area contributed by atoms with E-state index >= 15 is 0 Å². The average Bonchev–Trinajstić information content (AvgIpc) is 3.02. The Morgan fingerprint density at radius 1 is 1.17 bits per heavy atom. The fourth-order valence-electron chi connectivity index (χ4n) is 2.85. The second kappa shape index (κ2) is 7.45. The van der Waals surface area contributed by atoms with Gasteiger partial charge in [0.1, 0.15) is 17.0 Å². The lowest BCUT2D eigenvalue weighted by atomic mass is 10.1. The number of carboxylic acids is 1. The van der Waals surface area contributed by atoms with E-state index in [1.807, 2.05) is 13.8 Å². The van der Waals surface area contributed by atoms with Gasteiger partial charge < -0.3 is 9.84 Å². The van der Waals surface area contributed by atoms with Gasteiger partial charge in [-0.1, -0.05) is 6.07 Å². The van der Waals surface area contributed by atoms with E-state index in [0.717, 1.165) is 8.28 Å². The van der Waals surface area contributed by atoms with Crippen LogP contribution in [-0.2, 0) is 10.2 Å². The van der Waals surface area contributed by atoms with Crippen LogP contribution in [0.15, 0.2) is 30.3 Å². The number of ether oxygens (including phenoxy) is 1. The number of fused-ring (bicyclic) bond motifs is 1. The summed E-state index contributed by atoms with van der Waals surface area (Å²) in [6, 6.07) is 7.88. The van der Waals surface area contributed by atoms with Gasteiger partial charge in [0.25, 0.3) is 0 Å². The van der Waals surface area contributed by atoms with E-state index in [1.54, 1.807) is 31.2 Å². The number of rotatable bonds is 6. The first-order valence-electron chi connectivity index (χ1n) is 8.86. The quantitative estimate of drug-likeness (QED) is 0.654. The van der Waals surface area contributed by atoms with E-state index in [2.05, 4.69) is 9.97 Å². The van der Waals surface area contributed by atoms with Crippen LogP contribution in [0.3, 0.4) is 0 Å². The van der Waals surface area contributed by atoms with Gasteiger partial charge in [0.2, 0.25) is 0 Å². The summed E-state index contributed by atoms with van der Waals surface area (Å²) in [6.07, 6.45) is -0.161. The van der Waals surface area contributed by atoms with Gasteiger partial charge >= 0.3 is 16.2 Å². The Bertz CT molecular complexity index is 1200. The van der Waals surface area contributed by atoms with Crippen molar-refractivity contribution in [2.45, 2.75) is 26.9 Å². The molecule has 0 aliphatic carbocycles. The Balaban J connectivity index is 2.48. The Labute approximate surface area is 168 Å². The molecule has 0 aliphatic rings. The SMILES string of the molecule is Cc1ccc(C(=O)O)c(-c2nc3c(OC(C)C)cccc3n2S(=O)(=O)N(C)C)n1. The summed E-state index contributed by atoms with van der Waals surface area (Å²) in [4.78, 5) is 20.5. The van der Waals surface area contributed by atoms with Crippen LogP contribution in [0.4, 0.5) is 0 Å². The fraction of sp³-hybridized carbons (Fsp3) is 0.316. The third-order valence-electron chi connectivity index (χ3n) is 4.14. The summed E-state index contributed by atoms with van der Waals surface area (Å²) >= 11 is 0. The predicted octanol–water partition coefficient (Wildman–Crippen LogP) is 2.55. The molecule has 154 valence electrons. The van der Waals surface area contributed by atoms with Crippen LogP contribution in [0.2, 0.25) is 0 Å². The summed E-state index contributed by atoms with van der Waals surface area (Å²) in [7, 11) is -1.26. The van der Waals surface area contributed by atoms with Gasteiger partial charge in [0.15, 0.2) is 5.82 Å². The molecule has 0 atom stereocenters. The Hall–Kier alpha value is -2.98. The number of carbonyl (C=O) groups is 1. The lowest BCUT2D eigenvalue weighted by Crippen LogP contribution is -2.29. The van der Waals surface area contributed by atoms with Gasteiger partial charge in [-0.05, 0) is 45.0 Å². The molecule has 0 bridgehead atoms. The molecule has 2 heterocycles. The first kappa shape index (κ1) is 20.7. The molecule has 0 aliphatic heterocycles. The van der Waals surface area contributed by atoms with E-state index in [1.165, 1.54) is 20.2 Å². The zero-order valence-electron chi connectivity index (χ0n) is 16.7. The number of carboxylic acid groups (broad SMARTS) is 1. The molecule has 10 heteroatoms. The van der Waals surface area contributed by atoms with Crippen molar-refractivity contribution in [3.05, 3.63) is 41.6 Å². The zero-order chi connectivity index (χ0) is 21.5. The van der Waals surface area contributed by atoms with E-state index < -0.39 is 16.2 Å². The van der Waals surface area contributed by atoms with E-state index in [9.17, 15) is 18.3 Å². The smallest absolute Gasteiger partial charge is 0.338 e. The zero-order valence-corrected chi connectivity index (χ0v) is 17.6. The normalized spacial score (nSPS) is 12.1. The van der Waals surface area contributed by atoms with Crippen LogP contribution in [0.5, 0.6) is 5.75 Å². The van der Waals surface area contributed by atoms with Crippen LogP contribution >= 0.6 is 0 Å². The lowest BCUT2D eigenvalue weighted by Gasteiger charge is -2.16. The first-order chi connectivity index (χ1) is 13.5. The van der Waals surface area contributed by atoms with Crippen molar-refractivity contribution in [1.82, 2.24) is 18.2 Å². The molecule has 29 heavy (non-hydrogen) atoms. The Morgan fingerprint density at radius 3 is 2.45 bits per heavy atom. The molecule has 3 aromatic rings. The number of aryl methyl sites for hydroxylation is 1. The number of imidazole rings is 1. The summed E-state index contributed by atoms with van der Waals surface area (Å²) in [5.74, 6) is -0.919. The number of hydrogen-bond acceptors (Lipinski definition) is 6. The summed E-state index contributed by atoms with van der Waals surface area (Å²) in [6.45, 7) is 5.38. The van der Waals surface area contributed by atoms with Crippen molar-refractivity contribution in [2.24, 2.45) is 0 Å². The summed E-state index contributed by atoms with van der Waals surface area (Å²) in [5, 5.41) is 9.61. The van der Waals surface area contributed by atoms with Crippen molar-refractivity contribution < 1.29 is 23.1 Å².